The van der Waals surface area contributed by atoms with Gasteiger partial charge in [-0.2, -0.15) is 0 Å². The number of fused-ring (bicyclic) bond motifs is 1. The van der Waals surface area contributed by atoms with E-state index >= 15 is 0 Å². The minimum Gasteiger partial charge on any atom is -0.394 e. The minimum absolute atomic E-state index is 0.0276. The summed E-state index contributed by atoms with van der Waals surface area (Å²) >= 11 is 0. The molecule has 0 bridgehead atoms. The fourth-order valence-electron chi connectivity index (χ4n) is 3.93. The van der Waals surface area contributed by atoms with E-state index < -0.39 is 6.04 Å². The Hall–Kier alpha value is -2.74. The molecular formula is C19H23N5O3. The van der Waals surface area contributed by atoms with Crippen molar-refractivity contribution in [3.63, 3.8) is 0 Å². The van der Waals surface area contributed by atoms with Crippen LogP contribution in [0.4, 0.5) is 4.79 Å². The lowest BCUT2D eigenvalue weighted by Gasteiger charge is -2.27. The zero-order valence-electron chi connectivity index (χ0n) is 15.0. The molecule has 1 aliphatic heterocycles. The first-order valence-corrected chi connectivity index (χ1v) is 9.32. The molecule has 0 unspecified atom stereocenters. The lowest BCUT2D eigenvalue weighted by Crippen LogP contribution is -2.37. The third kappa shape index (κ3) is 3.71. The van der Waals surface area contributed by atoms with Gasteiger partial charge in [-0.3, -0.25) is 9.69 Å². The third-order valence-corrected chi connectivity index (χ3v) is 5.33. The van der Waals surface area contributed by atoms with E-state index in [1.807, 2.05) is 6.07 Å². The number of rotatable bonds is 6. The molecule has 3 amide bonds. The molecule has 2 atom stereocenters. The molecule has 0 saturated carbocycles. The maximum atomic E-state index is 12.7. The largest absolute Gasteiger partial charge is 0.394 e. The first-order valence-electron chi connectivity index (χ1n) is 9.32. The molecule has 1 fully saturated rings. The van der Waals surface area contributed by atoms with Gasteiger partial charge in [0.1, 0.15) is 6.04 Å². The molecule has 142 valence electrons. The molecule has 1 aromatic heterocycles. The number of aliphatic hydroxyl groups excluding tert-OH is 1. The summed E-state index contributed by atoms with van der Waals surface area (Å²) in [5.74, 6) is 0.0920. The molecule has 2 heterocycles. The first-order chi connectivity index (χ1) is 13.1. The Morgan fingerprint density at radius 1 is 1.22 bits per heavy atom. The summed E-state index contributed by atoms with van der Waals surface area (Å²) in [5.41, 5.74) is 3.31. The smallest absolute Gasteiger partial charge is 0.324 e. The lowest BCUT2D eigenvalue weighted by atomic mass is 9.83. The van der Waals surface area contributed by atoms with Crippen molar-refractivity contribution < 1.29 is 14.7 Å². The standard InChI is InChI=1S/C19H23N5O3/c25-8-7-23-12-16(21-22-23)10-17-18(26)24(19(27)20-17)11-13-5-6-14-3-1-2-4-15(14)9-13/h1-4,12-13,17,25H,5-11H2,(H,20,27)/t13-,17+/m0/s1. The summed E-state index contributed by atoms with van der Waals surface area (Å²) in [6, 6.07) is 7.44. The summed E-state index contributed by atoms with van der Waals surface area (Å²) in [4.78, 5) is 26.4. The molecule has 1 aliphatic carbocycles. The highest BCUT2D eigenvalue weighted by Crippen LogP contribution is 2.27. The van der Waals surface area contributed by atoms with Gasteiger partial charge in [0.05, 0.1) is 18.8 Å². The van der Waals surface area contributed by atoms with Crippen LogP contribution >= 0.6 is 0 Å². The third-order valence-electron chi connectivity index (χ3n) is 5.33. The van der Waals surface area contributed by atoms with E-state index in [-0.39, 0.29) is 18.5 Å². The summed E-state index contributed by atoms with van der Waals surface area (Å²) in [6.07, 6.45) is 4.86. The monoisotopic (exact) mass is 369 g/mol. The van der Waals surface area contributed by atoms with Crippen molar-refractivity contribution in [3.05, 3.63) is 47.3 Å². The molecule has 0 radical (unpaired) electrons. The summed E-state index contributed by atoms with van der Waals surface area (Å²) < 4.78 is 1.52. The summed E-state index contributed by atoms with van der Waals surface area (Å²) in [6.45, 7) is 0.778. The molecule has 1 aromatic carbocycles. The van der Waals surface area contributed by atoms with Gasteiger partial charge in [-0.15, -0.1) is 5.10 Å². The zero-order chi connectivity index (χ0) is 18.8. The Morgan fingerprint density at radius 2 is 2.04 bits per heavy atom. The molecule has 2 aliphatic rings. The molecule has 1 saturated heterocycles. The van der Waals surface area contributed by atoms with Crippen LogP contribution in [0.15, 0.2) is 30.5 Å². The molecule has 4 rings (SSSR count). The van der Waals surface area contributed by atoms with Gasteiger partial charge in [0, 0.05) is 19.2 Å². The number of nitrogens with one attached hydrogen (secondary N) is 1. The summed E-state index contributed by atoms with van der Waals surface area (Å²) in [5, 5.41) is 19.6. The van der Waals surface area contributed by atoms with Crippen LogP contribution in [0.5, 0.6) is 0 Å². The first kappa shape index (κ1) is 17.7. The van der Waals surface area contributed by atoms with Crippen LogP contribution in [0.3, 0.4) is 0 Å². The van der Waals surface area contributed by atoms with E-state index in [9.17, 15) is 9.59 Å². The van der Waals surface area contributed by atoms with Crippen molar-refractivity contribution in [3.8, 4) is 0 Å². The van der Waals surface area contributed by atoms with Gasteiger partial charge in [-0.25, -0.2) is 9.48 Å². The molecule has 0 spiro atoms. The maximum absolute atomic E-state index is 12.7. The Bertz CT molecular complexity index is 849. The van der Waals surface area contributed by atoms with Crippen LogP contribution in [0.25, 0.3) is 0 Å². The molecule has 8 nitrogen and oxygen atoms in total. The lowest BCUT2D eigenvalue weighted by molar-refractivity contribution is -0.127. The van der Waals surface area contributed by atoms with Gasteiger partial charge >= 0.3 is 6.03 Å². The molecule has 2 N–H and O–H groups in total. The fraction of sp³-hybridized carbons (Fsp3) is 0.474. The van der Waals surface area contributed by atoms with Gasteiger partial charge in [0.15, 0.2) is 0 Å². The van der Waals surface area contributed by atoms with Crippen LogP contribution in [0, 0.1) is 5.92 Å². The van der Waals surface area contributed by atoms with Crippen LogP contribution in [-0.4, -0.2) is 56.1 Å². The Morgan fingerprint density at radius 3 is 2.85 bits per heavy atom. The minimum atomic E-state index is -0.604. The number of hydrogen-bond donors (Lipinski definition) is 2. The number of hydrogen-bond acceptors (Lipinski definition) is 5. The van der Waals surface area contributed by atoms with E-state index in [2.05, 4.69) is 33.8 Å². The molecular weight excluding hydrogens is 346 g/mol. The topological polar surface area (TPSA) is 100 Å². The number of carbonyl (C=O) groups is 2. The second-order valence-corrected chi connectivity index (χ2v) is 7.23. The van der Waals surface area contributed by atoms with Crippen LogP contribution < -0.4 is 5.32 Å². The van der Waals surface area contributed by atoms with Gasteiger partial charge in [0.25, 0.3) is 5.91 Å². The molecule has 2 aromatic rings. The number of aliphatic hydroxyl groups is 1. The van der Waals surface area contributed by atoms with E-state index in [4.69, 9.17) is 5.11 Å². The number of carbonyl (C=O) groups excluding carboxylic acids is 2. The van der Waals surface area contributed by atoms with E-state index in [0.717, 1.165) is 19.3 Å². The Kier molecular flexibility index (Phi) is 4.89. The number of amides is 3. The average Bonchev–Trinajstić information content (AvgIpc) is 3.22. The van der Waals surface area contributed by atoms with Gasteiger partial charge < -0.3 is 10.4 Å². The van der Waals surface area contributed by atoms with Crippen molar-refractivity contribution in [2.24, 2.45) is 5.92 Å². The van der Waals surface area contributed by atoms with Crippen molar-refractivity contribution >= 4 is 11.9 Å². The normalized spacial score (nSPS) is 22.0. The highest BCUT2D eigenvalue weighted by atomic mass is 16.3. The number of imide groups is 1. The van der Waals surface area contributed by atoms with E-state index in [0.29, 0.717) is 31.1 Å². The predicted octanol–water partition coefficient (Wildman–Crippen LogP) is 0.538. The Labute approximate surface area is 157 Å². The zero-order valence-corrected chi connectivity index (χ0v) is 15.0. The number of aryl methyl sites for hydroxylation is 1. The van der Waals surface area contributed by atoms with Crippen molar-refractivity contribution in [1.82, 2.24) is 25.2 Å². The van der Waals surface area contributed by atoms with Gasteiger partial charge in [-0.1, -0.05) is 29.5 Å². The van der Waals surface area contributed by atoms with Crippen LogP contribution in [-0.2, 0) is 30.6 Å². The summed E-state index contributed by atoms with van der Waals surface area (Å²) in [7, 11) is 0. The highest BCUT2D eigenvalue weighted by molar-refractivity contribution is 6.04. The van der Waals surface area contributed by atoms with E-state index in [1.165, 1.54) is 20.7 Å². The Balaban J connectivity index is 1.38. The van der Waals surface area contributed by atoms with Crippen molar-refractivity contribution in [1.29, 1.82) is 0 Å². The SMILES string of the molecule is O=C1N[C@H](Cc2cn(CCO)nn2)C(=O)N1C[C@H]1CCc2ccccc2C1. The second-order valence-electron chi connectivity index (χ2n) is 7.23. The molecule has 27 heavy (non-hydrogen) atoms. The van der Waals surface area contributed by atoms with Crippen LogP contribution in [0.1, 0.15) is 23.2 Å². The maximum Gasteiger partial charge on any atom is 0.324 e. The van der Waals surface area contributed by atoms with Gasteiger partial charge in [0.2, 0.25) is 0 Å². The second kappa shape index (κ2) is 7.48. The number of aromatic nitrogens is 3. The van der Waals surface area contributed by atoms with E-state index in [1.54, 1.807) is 6.20 Å². The quantitative estimate of drug-likeness (QED) is 0.724. The predicted molar refractivity (Wildman–Crippen MR) is 96.8 cm³/mol. The fourth-order valence-corrected chi connectivity index (χ4v) is 3.93. The van der Waals surface area contributed by atoms with Crippen molar-refractivity contribution in [2.75, 3.05) is 13.2 Å². The highest BCUT2D eigenvalue weighted by Gasteiger charge is 2.39. The van der Waals surface area contributed by atoms with Gasteiger partial charge in [-0.05, 0) is 36.3 Å². The molecule has 8 heteroatoms. The number of urea groups is 1. The van der Waals surface area contributed by atoms with Crippen LogP contribution in [0.2, 0.25) is 0 Å². The average molecular weight is 369 g/mol. The number of nitrogens with zero attached hydrogens (tertiary/aromatic N) is 4. The number of benzene rings is 1. The van der Waals surface area contributed by atoms with Crippen molar-refractivity contribution in [2.45, 2.75) is 38.3 Å².